The summed E-state index contributed by atoms with van der Waals surface area (Å²) in [5.74, 6) is -2.11. The number of carbonyl (C=O) groups is 3. The largest absolute Gasteiger partial charge is 0.465 e. The smallest absolute Gasteiger partial charge is 0.339 e. The molecule has 2 rings (SSSR count). The van der Waals surface area contributed by atoms with Crippen molar-refractivity contribution in [3.05, 3.63) is 58.7 Å². The minimum absolute atomic E-state index is 0.00184. The summed E-state index contributed by atoms with van der Waals surface area (Å²) >= 11 is 0. The van der Waals surface area contributed by atoms with Crippen molar-refractivity contribution in [2.24, 2.45) is 0 Å². The molecular formula is C22H26N2O7S. The first-order chi connectivity index (χ1) is 14.9. The number of anilines is 2. The van der Waals surface area contributed by atoms with Gasteiger partial charge in [-0.2, -0.15) is 0 Å². The zero-order chi connectivity index (χ0) is 24.2. The molecule has 0 unspecified atom stereocenters. The van der Waals surface area contributed by atoms with E-state index in [4.69, 9.17) is 4.74 Å². The second kappa shape index (κ2) is 9.82. The molecule has 1 amide bonds. The van der Waals surface area contributed by atoms with Crippen molar-refractivity contribution in [3.63, 3.8) is 0 Å². The molecule has 0 aliphatic heterocycles. The van der Waals surface area contributed by atoms with Crippen molar-refractivity contribution in [3.8, 4) is 0 Å². The van der Waals surface area contributed by atoms with Gasteiger partial charge in [0, 0.05) is 0 Å². The van der Waals surface area contributed by atoms with Crippen LogP contribution in [0.15, 0.2) is 36.4 Å². The molecular weight excluding hydrogens is 436 g/mol. The van der Waals surface area contributed by atoms with Crippen LogP contribution in [0, 0.1) is 13.8 Å². The van der Waals surface area contributed by atoms with Gasteiger partial charge in [-0.1, -0.05) is 6.07 Å². The number of ether oxygens (including phenoxy) is 2. The number of nitrogens with one attached hydrogen (secondary N) is 1. The maximum Gasteiger partial charge on any atom is 0.339 e. The Labute approximate surface area is 187 Å². The zero-order valence-corrected chi connectivity index (χ0v) is 19.6. The first kappa shape index (κ1) is 24.9. The molecule has 0 saturated heterocycles. The van der Waals surface area contributed by atoms with Gasteiger partial charge in [-0.25, -0.2) is 18.0 Å². The molecule has 0 bridgehead atoms. The molecule has 2 aromatic carbocycles. The normalized spacial score (nSPS) is 11.9. The molecule has 0 aliphatic rings. The number of rotatable bonds is 7. The van der Waals surface area contributed by atoms with Crippen LogP contribution in [0.5, 0.6) is 0 Å². The van der Waals surface area contributed by atoms with Crippen LogP contribution in [0.25, 0.3) is 0 Å². The molecule has 2 aromatic rings. The Kier molecular flexibility index (Phi) is 7.63. The Morgan fingerprint density at radius 3 is 2.00 bits per heavy atom. The van der Waals surface area contributed by atoms with Gasteiger partial charge in [0.1, 0.15) is 6.04 Å². The van der Waals surface area contributed by atoms with Gasteiger partial charge in [0.15, 0.2) is 0 Å². The highest BCUT2D eigenvalue weighted by molar-refractivity contribution is 7.92. The third-order valence-electron chi connectivity index (χ3n) is 4.65. The van der Waals surface area contributed by atoms with Crippen molar-refractivity contribution in [2.75, 3.05) is 30.1 Å². The first-order valence-electron chi connectivity index (χ1n) is 9.58. The number of methoxy groups -OCH3 is 2. The minimum Gasteiger partial charge on any atom is -0.465 e. The summed E-state index contributed by atoms with van der Waals surface area (Å²) < 4.78 is 35.5. The number of hydrogen-bond donors (Lipinski definition) is 1. The lowest BCUT2D eigenvalue weighted by atomic mass is 10.1. The zero-order valence-electron chi connectivity index (χ0n) is 18.8. The van der Waals surface area contributed by atoms with E-state index in [-0.39, 0.29) is 16.8 Å². The fourth-order valence-corrected chi connectivity index (χ4v) is 4.46. The number of esters is 2. The van der Waals surface area contributed by atoms with E-state index < -0.39 is 33.9 Å². The van der Waals surface area contributed by atoms with Crippen molar-refractivity contribution in [1.29, 1.82) is 0 Å². The minimum atomic E-state index is -3.84. The molecule has 1 atom stereocenters. The number of benzene rings is 2. The number of nitrogens with zero attached hydrogens (tertiary/aromatic N) is 1. The van der Waals surface area contributed by atoms with Crippen molar-refractivity contribution in [2.45, 2.75) is 26.8 Å². The first-order valence-corrected chi connectivity index (χ1v) is 11.4. The summed E-state index contributed by atoms with van der Waals surface area (Å²) in [4.78, 5) is 37.1. The maximum absolute atomic E-state index is 13.1. The van der Waals surface area contributed by atoms with Crippen molar-refractivity contribution >= 4 is 39.2 Å². The average molecular weight is 463 g/mol. The quantitative estimate of drug-likeness (QED) is 0.628. The van der Waals surface area contributed by atoms with Crippen LogP contribution in [-0.4, -0.2) is 52.8 Å². The van der Waals surface area contributed by atoms with Gasteiger partial charge in [-0.15, -0.1) is 0 Å². The van der Waals surface area contributed by atoms with E-state index in [9.17, 15) is 22.8 Å². The number of carbonyl (C=O) groups excluding carboxylic acids is 3. The second-order valence-electron chi connectivity index (χ2n) is 7.31. The number of aryl methyl sites for hydroxylation is 2. The van der Waals surface area contributed by atoms with E-state index >= 15 is 0 Å². The standard InChI is InChI=1S/C22H26N2O7S/c1-13-9-14(2)11-17(10-13)24(32(6,28)29)15(3)20(25)23-19-12-16(21(26)30-4)7-8-18(19)22(27)31-5/h7-12,15H,1-6H3,(H,23,25)/t15-/m1/s1. The topological polar surface area (TPSA) is 119 Å². The van der Waals surface area contributed by atoms with Gasteiger partial charge in [-0.05, 0) is 62.2 Å². The third-order valence-corrected chi connectivity index (χ3v) is 5.89. The van der Waals surface area contributed by atoms with Crippen LogP contribution in [-0.2, 0) is 24.3 Å². The second-order valence-corrected chi connectivity index (χ2v) is 9.17. The Hall–Kier alpha value is -3.40. The van der Waals surface area contributed by atoms with Gasteiger partial charge in [0.2, 0.25) is 15.9 Å². The van der Waals surface area contributed by atoms with Crippen LogP contribution in [0.2, 0.25) is 0 Å². The van der Waals surface area contributed by atoms with Gasteiger partial charge in [-0.3, -0.25) is 9.10 Å². The third kappa shape index (κ3) is 5.64. The number of hydrogen-bond acceptors (Lipinski definition) is 7. The lowest BCUT2D eigenvalue weighted by Crippen LogP contribution is -2.45. The molecule has 0 heterocycles. The summed E-state index contributed by atoms with van der Waals surface area (Å²) in [6, 6.07) is 7.98. The van der Waals surface area contributed by atoms with Crippen LogP contribution in [0.4, 0.5) is 11.4 Å². The summed E-state index contributed by atoms with van der Waals surface area (Å²) in [6.45, 7) is 5.07. The maximum atomic E-state index is 13.1. The molecule has 1 N–H and O–H groups in total. The molecule has 0 aromatic heterocycles. The highest BCUT2D eigenvalue weighted by Gasteiger charge is 2.30. The number of sulfonamides is 1. The van der Waals surface area contributed by atoms with E-state index in [0.717, 1.165) is 21.7 Å². The molecule has 172 valence electrons. The van der Waals surface area contributed by atoms with Crippen molar-refractivity contribution < 1.29 is 32.3 Å². The molecule has 9 nitrogen and oxygen atoms in total. The van der Waals surface area contributed by atoms with Gasteiger partial charge in [0.25, 0.3) is 0 Å². The molecule has 0 radical (unpaired) electrons. The molecule has 32 heavy (non-hydrogen) atoms. The van der Waals surface area contributed by atoms with E-state index in [1.165, 1.54) is 39.3 Å². The molecule has 10 heteroatoms. The Bertz CT molecular complexity index is 1140. The Morgan fingerprint density at radius 2 is 1.50 bits per heavy atom. The lowest BCUT2D eigenvalue weighted by Gasteiger charge is -2.29. The average Bonchev–Trinajstić information content (AvgIpc) is 2.70. The lowest BCUT2D eigenvalue weighted by molar-refractivity contribution is -0.116. The summed E-state index contributed by atoms with van der Waals surface area (Å²) in [6.07, 6.45) is 1.01. The van der Waals surface area contributed by atoms with Crippen molar-refractivity contribution in [1.82, 2.24) is 0 Å². The fourth-order valence-electron chi connectivity index (χ4n) is 3.30. The molecule has 0 aliphatic carbocycles. The van der Waals surface area contributed by atoms with E-state index in [2.05, 4.69) is 10.1 Å². The van der Waals surface area contributed by atoms with Crippen LogP contribution in [0.3, 0.4) is 0 Å². The summed E-state index contributed by atoms with van der Waals surface area (Å²) in [5, 5.41) is 2.54. The van der Waals surface area contributed by atoms with E-state index in [1.807, 2.05) is 19.9 Å². The Balaban J connectivity index is 2.49. The monoisotopic (exact) mass is 462 g/mol. The summed E-state index contributed by atoms with van der Waals surface area (Å²) in [7, 11) is -1.46. The predicted octanol–water partition coefficient (Wildman–Crippen LogP) is 2.67. The highest BCUT2D eigenvalue weighted by Crippen LogP contribution is 2.25. The predicted molar refractivity (Wildman–Crippen MR) is 120 cm³/mol. The van der Waals surface area contributed by atoms with Crippen LogP contribution in [0.1, 0.15) is 38.8 Å². The van der Waals surface area contributed by atoms with Gasteiger partial charge >= 0.3 is 11.9 Å². The van der Waals surface area contributed by atoms with Crippen LogP contribution >= 0.6 is 0 Å². The molecule has 0 saturated carbocycles. The SMILES string of the molecule is COC(=O)c1ccc(C(=O)OC)c(NC(=O)[C@@H](C)N(c2cc(C)cc(C)c2)S(C)(=O)=O)c1. The van der Waals surface area contributed by atoms with Crippen LogP contribution < -0.4 is 9.62 Å². The number of amides is 1. The van der Waals surface area contributed by atoms with Gasteiger partial charge in [0.05, 0.1) is 43.0 Å². The Morgan fingerprint density at radius 1 is 0.938 bits per heavy atom. The molecule has 0 fully saturated rings. The van der Waals surface area contributed by atoms with Gasteiger partial charge < -0.3 is 14.8 Å². The summed E-state index contributed by atoms with van der Waals surface area (Å²) in [5.41, 5.74) is 2.09. The van der Waals surface area contributed by atoms with E-state index in [0.29, 0.717) is 5.69 Å². The fraction of sp³-hybridized carbons (Fsp3) is 0.318. The van der Waals surface area contributed by atoms with E-state index in [1.54, 1.807) is 12.1 Å². The highest BCUT2D eigenvalue weighted by atomic mass is 32.2. The molecule has 0 spiro atoms.